The number of fused-ring (bicyclic) bond motifs is 1. The second-order valence-corrected chi connectivity index (χ2v) is 5.03. The van der Waals surface area contributed by atoms with Gasteiger partial charge in [0, 0.05) is 12.3 Å². The molecule has 2 aromatic rings. The van der Waals surface area contributed by atoms with E-state index in [1.807, 2.05) is 0 Å². The maximum absolute atomic E-state index is 12.1. The van der Waals surface area contributed by atoms with Crippen molar-refractivity contribution < 1.29 is 24.0 Å². The zero-order valence-corrected chi connectivity index (χ0v) is 13.4. The number of carbonyl (C=O) groups is 2. The van der Waals surface area contributed by atoms with Gasteiger partial charge in [-0.3, -0.25) is 19.7 Å². The van der Waals surface area contributed by atoms with E-state index in [-0.39, 0.29) is 25.3 Å². The summed E-state index contributed by atoms with van der Waals surface area (Å²) in [6.07, 6.45) is 1.52. The number of nitrogens with one attached hydrogen (secondary N) is 1. The monoisotopic (exact) mass is 334 g/mol. The summed E-state index contributed by atoms with van der Waals surface area (Å²) in [6, 6.07) is 4.63. The lowest BCUT2D eigenvalue weighted by Crippen LogP contribution is -2.30. The fourth-order valence-electron chi connectivity index (χ4n) is 2.52. The quantitative estimate of drug-likeness (QED) is 0.360. The number of hydrogen-bond acceptors (Lipinski definition) is 6. The number of rotatable bonds is 7. The second kappa shape index (κ2) is 7.58. The highest BCUT2D eigenvalue weighted by Crippen LogP contribution is 2.30. The number of benzene rings is 1. The zero-order chi connectivity index (χ0) is 17.7. The Balaban J connectivity index is 2.42. The molecule has 128 valence electrons. The Labute approximate surface area is 137 Å². The number of ether oxygens (including phenoxy) is 2. The van der Waals surface area contributed by atoms with E-state index in [1.54, 1.807) is 32.2 Å². The highest BCUT2D eigenvalue weighted by molar-refractivity contribution is 5.97. The molecule has 0 radical (unpaired) electrons. The van der Waals surface area contributed by atoms with Crippen molar-refractivity contribution in [2.45, 2.75) is 20.3 Å². The fraction of sp³-hybridized carbons (Fsp3) is 0.375. The Hall–Kier alpha value is -2.90. The molecule has 0 bridgehead atoms. The first kappa shape index (κ1) is 17.5. The second-order valence-electron chi connectivity index (χ2n) is 5.03. The van der Waals surface area contributed by atoms with Crippen LogP contribution in [0.1, 0.15) is 19.4 Å². The first-order valence-corrected chi connectivity index (χ1v) is 7.56. The van der Waals surface area contributed by atoms with E-state index in [0.29, 0.717) is 16.5 Å². The smallest absolute Gasteiger partial charge is 0.320 e. The molecule has 2 rings (SSSR count). The molecule has 0 unspecified atom stereocenters. The van der Waals surface area contributed by atoms with Crippen molar-refractivity contribution in [1.29, 1.82) is 0 Å². The van der Waals surface area contributed by atoms with Gasteiger partial charge in [-0.1, -0.05) is 6.07 Å². The van der Waals surface area contributed by atoms with Gasteiger partial charge >= 0.3 is 11.9 Å². The van der Waals surface area contributed by atoms with Crippen LogP contribution in [-0.4, -0.2) is 35.1 Å². The molecule has 0 amide bonds. The van der Waals surface area contributed by atoms with Gasteiger partial charge in [0.25, 0.3) is 5.69 Å². The number of carbonyl (C=O) groups excluding carboxylic acids is 2. The summed E-state index contributed by atoms with van der Waals surface area (Å²) in [7, 11) is 0. The van der Waals surface area contributed by atoms with Gasteiger partial charge < -0.3 is 14.5 Å². The third-order valence-corrected chi connectivity index (χ3v) is 3.53. The van der Waals surface area contributed by atoms with Crippen molar-refractivity contribution in [3.8, 4) is 0 Å². The number of H-pyrrole nitrogens is 1. The number of nitro benzene ring substituents is 1. The van der Waals surface area contributed by atoms with Crippen LogP contribution in [0.2, 0.25) is 0 Å². The average molecular weight is 334 g/mol. The lowest BCUT2D eigenvalue weighted by molar-refractivity contribution is -0.383. The molecular weight excluding hydrogens is 316 g/mol. The van der Waals surface area contributed by atoms with Gasteiger partial charge in [0.15, 0.2) is 5.92 Å². The molecule has 0 aliphatic heterocycles. The Morgan fingerprint density at radius 3 is 2.38 bits per heavy atom. The summed E-state index contributed by atoms with van der Waals surface area (Å²) < 4.78 is 9.85. The summed E-state index contributed by atoms with van der Waals surface area (Å²) >= 11 is 0. The van der Waals surface area contributed by atoms with Crippen LogP contribution in [0.4, 0.5) is 5.69 Å². The van der Waals surface area contributed by atoms with Crippen LogP contribution < -0.4 is 0 Å². The SMILES string of the molecule is CCOC(=O)C(Cc1c[nH]c2cccc([N+](=O)[O-])c12)C(=O)OCC. The summed E-state index contributed by atoms with van der Waals surface area (Å²) in [6.45, 7) is 3.53. The molecule has 0 aliphatic carbocycles. The predicted octanol–water partition coefficient (Wildman–Crippen LogP) is 2.36. The maximum Gasteiger partial charge on any atom is 0.320 e. The molecule has 0 saturated carbocycles. The zero-order valence-electron chi connectivity index (χ0n) is 13.4. The van der Waals surface area contributed by atoms with Crippen molar-refractivity contribution in [1.82, 2.24) is 4.98 Å². The van der Waals surface area contributed by atoms with Crippen LogP contribution >= 0.6 is 0 Å². The molecule has 8 heteroatoms. The third kappa shape index (κ3) is 3.53. The minimum Gasteiger partial charge on any atom is -0.465 e. The van der Waals surface area contributed by atoms with Crippen LogP contribution in [0.5, 0.6) is 0 Å². The number of aromatic amines is 1. The molecule has 1 aromatic heterocycles. The Morgan fingerprint density at radius 1 is 1.21 bits per heavy atom. The van der Waals surface area contributed by atoms with E-state index < -0.39 is 22.8 Å². The number of hydrogen-bond donors (Lipinski definition) is 1. The summed E-state index contributed by atoms with van der Waals surface area (Å²) in [5, 5.41) is 11.6. The van der Waals surface area contributed by atoms with Crippen LogP contribution in [0.25, 0.3) is 10.9 Å². The number of non-ortho nitro benzene ring substituents is 1. The first-order chi connectivity index (χ1) is 11.5. The molecule has 1 aromatic carbocycles. The van der Waals surface area contributed by atoms with E-state index in [9.17, 15) is 19.7 Å². The number of nitro groups is 1. The topological polar surface area (TPSA) is 112 Å². The molecule has 8 nitrogen and oxygen atoms in total. The third-order valence-electron chi connectivity index (χ3n) is 3.53. The van der Waals surface area contributed by atoms with E-state index in [1.165, 1.54) is 6.07 Å². The lowest BCUT2D eigenvalue weighted by Gasteiger charge is -2.13. The van der Waals surface area contributed by atoms with Crippen molar-refractivity contribution in [2.24, 2.45) is 5.92 Å². The normalized spacial score (nSPS) is 10.8. The highest BCUT2D eigenvalue weighted by atomic mass is 16.6. The minimum atomic E-state index is -1.16. The lowest BCUT2D eigenvalue weighted by atomic mass is 9.98. The summed E-state index contributed by atoms with van der Waals surface area (Å²) in [5.74, 6) is -2.57. The van der Waals surface area contributed by atoms with E-state index >= 15 is 0 Å². The van der Waals surface area contributed by atoms with Crippen molar-refractivity contribution in [2.75, 3.05) is 13.2 Å². The van der Waals surface area contributed by atoms with Crippen LogP contribution in [-0.2, 0) is 25.5 Å². The van der Waals surface area contributed by atoms with Gasteiger partial charge in [-0.25, -0.2) is 0 Å². The van der Waals surface area contributed by atoms with Gasteiger partial charge in [0.1, 0.15) is 0 Å². The Kier molecular flexibility index (Phi) is 5.51. The highest BCUT2D eigenvalue weighted by Gasteiger charge is 2.31. The molecular formula is C16H18N2O6. The first-order valence-electron chi connectivity index (χ1n) is 7.56. The molecule has 1 N–H and O–H groups in total. The predicted molar refractivity (Wildman–Crippen MR) is 85.4 cm³/mol. The molecule has 0 saturated heterocycles. The molecule has 1 heterocycles. The van der Waals surface area contributed by atoms with Crippen LogP contribution in [0.3, 0.4) is 0 Å². The Morgan fingerprint density at radius 2 is 1.83 bits per heavy atom. The standard InChI is InChI=1S/C16H18N2O6/c1-3-23-15(19)11(16(20)24-4-2)8-10-9-17-12-6-5-7-13(14(10)12)18(21)22/h5-7,9,11,17H,3-4,8H2,1-2H3. The Bertz CT molecular complexity index is 749. The maximum atomic E-state index is 12.1. The number of aromatic nitrogens is 1. The van der Waals surface area contributed by atoms with Gasteiger partial charge in [-0.2, -0.15) is 0 Å². The van der Waals surface area contributed by atoms with Crippen LogP contribution in [0, 0.1) is 16.0 Å². The van der Waals surface area contributed by atoms with Crippen molar-refractivity contribution >= 4 is 28.5 Å². The van der Waals surface area contributed by atoms with Crippen molar-refractivity contribution in [3.05, 3.63) is 40.1 Å². The molecule has 24 heavy (non-hydrogen) atoms. The largest absolute Gasteiger partial charge is 0.465 e. The van der Waals surface area contributed by atoms with E-state index in [4.69, 9.17) is 9.47 Å². The molecule has 0 fully saturated rings. The minimum absolute atomic E-state index is 0.0392. The average Bonchev–Trinajstić information content (AvgIpc) is 2.95. The van der Waals surface area contributed by atoms with Gasteiger partial charge in [0.05, 0.1) is 29.0 Å². The number of esters is 2. The van der Waals surface area contributed by atoms with Gasteiger partial charge in [0.2, 0.25) is 0 Å². The summed E-state index contributed by atoms with van der Waals surface area (Å²) in [4.78, 5) is 37.8. The van der Waals surface area contributed by atoms with E-state index in [0.717, 1.165) is 0 Å². The number of nitrogens with zero attached hydrogens (tertiary/aromatic N) is 1. The molecule has 0 atom stereocenters. The van der Waals surface area contributed by atoms with Crippen molar-refractivity contribution in [3.63, 3.8) is 0 Å². The molecule has 0 aliphatic rings. The van der Waals surface area contributed by atoms with Gasteiger partial charge in [-0.05, 0) is 31.9 Å². The summed E-state index contributed by atoms with van der Waals surface area (Å²) in [5.41, 5.74) is 0.962. The fourth-order valence-corrected chi connectivity index (χ4v) is 2.52. The van der Waals surface area contributed by atoms with Gasteiger partial charge in [-0.15, -0.1) is 0 Å². The van der Waals surface area contributed by atoms with Crippen LogP contribution in [0.15, 0.2) is 24.4 Å². The molecule has 0 spiro atoms. The van der Waals surface area contributed by atoms with E-state index in [2.05, 4.69) is 4.98 Å².